The fraction of sp³-hybridized carbons (Fsp3) is 0.688. The zero-order chi connectivity index (χ0) is 16.1. The van der Waals surface area contributed by atoms with Crippen molar-refractivity contribution in [1.29, 1.82) is 0 Å². The number of rotatable bonds is 3. The van der Waals surface area contributed by atoms with Gasteiger partial charge in [-0.2, -0.15) is 0 Å². The minimum absolute atomic E-state index is 0.0128. The van der Waals surface area contributed by atoms with E-state index in [4.69, 9.17) is 23.2 Å². The molecule has 1 saturated heterocycles. The Hall–Kier alpha value is -0.550. The Bertz CT molecular complexity index is 564. The highest BCUT2D eigenvalue weighted by Gasteiger charge is 2.58. The molecule has 1 spiro atoms. The summed E-state index contributed by atoms with van der Waals surface area (Å²) >= 11 is 12.1. The third kappa shape index (κ3) is 2.71. The van der Waals surface area contributed by atoms with Gasteiger partial charge in [0.2, 0.25) is 0 Å². The second kappa shape index (κ2) is 5.82. The molecule has 2 unspecified atom stereocenters. The second-order valence-corrected chi connectivity index (χ2v) is 8.02. The molecule has 2 N–H and O–H groups in total. The van der Waals surface area contributed by atoms with Gasteiger partial charge in [0.1, 0.15) is 5.82 Å². The summed E-state index contributed by atoms with van der Waals surface area (Å²) in [6, 6.07) is 2.19. The number of aliphatic hydroxyl groups excluding tert-OH is 1. The van der Waals surface area contributed by atoms with Crippen molar-refractivity contribution < 1.29 is 5.11 Å². The Kier molecular flexibility index (Phi) is 4.32. The fourth-order valence-corrected chi connectivity index (χ4v) is 5.12. The van der Waals surface area contributed by atoms with Crippen molar-refractivity contribution in [3.63, 3.8) is 0 Å². The van der Waals surface area contributed by atoms with Crippen LogP contribution in [0, 0.1) is 11.3 Å². The van der Waals surface area contributed by atoms with Gasteiger partial charge >= 0.3 is 0 Å². The lowest BCUT2D eigenvalue weighted by Crippen LogP contribution is -2.64. The third-order valence-electron chi connectivity index (χ3n) is 5.13. The lowest BCUT2D eigenvalue weighted by atomic mass is 9.66. The predicted octanol–water partition coefficient (Wildman–Crippen LogP) is 3.28. The van der Waals surface area contributed by atoms with Crippen LogP contribution < -0.4 is 5.32 Å². The summed E-state index contributed by atoms with van der Waals surface area (Å²) < 4.78 is 0. The minimum Gasteiger partial charge on any atom is -0.391 e. The van der Waals surface area contributed by atoms with E-state index in [1.54, 1.807) is 12.3 Å². The highest BCUT2D eigenvalue weighted by Crippen LogP contribution is 2.52. The molecule has 0 radical (unpaired) electrons. The Balaban J connectivity index is 1.74. The number of hydrogen-bond acceptors (Lipinski definition) is 4. The summed E-state index contributed by atoms with van der Waals surface area (Å²) in [5.74, 6) is 1.18. The standard InChI is InChI=1S/C16H23Cl2N3O/c1-9(2)14-16(8-21(14)3)5-12(13(22)6-16)20-15-11(18)4-10(17)7-19-15/h4,7,9,12-14,22H,5-6,8H2,1-3H3,(H,19,20)/t12-,13-,14?,16?/m1/s1. The summed E-state index contributed by atoms with van der Waals surface area (Å²) in [5.41, 5.74) is 0.207. The number of anilines is 1. The van der Waals surface area contributed by atoms with E-state index < -0.39 is 0 Å². The van der Waals surface area contributed by atoms with Crippen LogP contribution in [-0.4, -0.2) is 46.8 Å². The van der Waals surface area contributed by atoms with Crippen LogP contribution in [0.3, 0.4) is 0 Å². The minimum atomic E-state index is -0.372. The smallest absolute Gasteiger partial charge is 0.145 e. The van der Waals surface area contributed by atoms with Gasteiger partial charge in [0.15, 0.2) is 0 Å². The molecule has 1 saturated carbocycles. The molecule has 22 heavy (non-hydrogen) atoms. The molecule has 1 aliphatic carbocycles. The first kappa shape index (κ1) is 16.3. The number of pyridine rings is 1. The Morgan fingerprint density at radius 2 is 2.14 bits per heavy atom. The number of hydrogen-bond donors (Lipinski definition) is 2. The van der Waals surface area contributed by atoms with Gasteiger partial charge in [0.25, 0.3) is 0 Å². The molecule has 0 amide bonds. The maximum Gasteiger partial charge on any atom is 0.145 e. The van der Waals surface area contributed by atoms with Crippen LogP contribution in [-0.2, 0) is 0 Å². The van der Waals surface area contributed by atoms with Crippen LogP contribution in [0.5, 0.6) is 0 Å². The maximum atomic E-state index is 10.5. The highest BCUT2D eigenvalue weighted by atomic mass is 35.5. The summed E-state index contributed by atoms with van der Waals surface area (Å²) in [4.78, 5) is 6.64. The van der Waals surface area contributed by atoms with E-state index in [0.717, 1.165) is 19.4 Å². The molecule has 2 aliphatic rings. The molecule has 1 aliphatic heterocycles. The molecule has 6 heteroatoms. The number of aliphatic hydroxyl groups is 1. The first-order valence-corrected chi connectivity index (χ1v) is 8.54. The van der Waals surface area contributed by atoms with Crippen molar-refractivity contribution in [2.75, 3.05) is 18.9 Å². The lowest BCUT2D eigenvalue weighted by Gasteiger charge is -2.57. The van der Waals surface area contributed by atoms with Gasteiger partial charge in [-0.25, -0.2) is 4.98 Å². The van der Waals surface area contributed by atoms with Crippen LogP contribution in [0.1, 0.15) is 26.7 Å². The van der Waals surface area contributed by atoms with E-state index in [-0.39, 0.29) is 17.6 Å². The number of likely N-dealkylation sites (tertiary alicyclic amines) is 1. The van der Waals surface area contributed by atoms with Gasteiger partial charge < -0.3 is 15.3 Å². The van der Waals surface area contributed by atoms with E-state index in [1.807, 2.05) is 0 Å². The average Bonchev–Trinajstić information content (AvgIpc) is 2.70. The normalized spacial score (nSPS) is 35.1. The van der Waals surface area contributed by atoms with Crippen molar-refractivity contribution in [3.8, 4) is 0 Å². The van der Waals surface area contributed by atoms with Crippen molar-refractivity contribution in [1.82, 2.24) is 9.88 Å². The van der Waals surface area contributed by atoms with Gasteiger partial charge in [-0.1, -0.05) is 37.0 Å². The van der Waals surface area contributed by atoms with E-state index in [2.05, 4.69) is 36.1 Å². The molecule has 2 fully saturated rings. The summed E-state index contributed by atoms with van der Waals surface area (Å²) in [6.45, 7) is 5.56. The fourth-order valence-electron chi connectivity index (χ4n) is 4.69. The molecule has 0 aromatic carbocycles. The number of nitrogens with one attached hydrogen (secondary N) is 1. The quantitative estimate of drug-likeness (QED) is 0.884. The Morgan fingerprint density at radius 3 is 2.73 bits per heavy atom. The van der Waals surface area contributed by atoms with Gasteiger partial charge in [-0.3, -0.25) is 0 Å². The second-order valence-electron chi connectivity index (χ2n) is 7.18. The van der Waals surface area contributed by atoms with Gasteiger partial charge in [0, 0.05) is 24.2 Å². The molecule has 122 valence electrons. The van der Waals surface area contributed by atoms with Gasteiger partial charge in [-0.15, -0.1) is 0 Å². The Labute approximate surface area is 141 Å². The predicted molar refractivity (Wildman–Crippen MR) is 90.6 cm³/mol. The average molecular weight is 344 g/mol. The summed E-state index contributed by atoms with van der Waals surface area (Å²) in [5, 5.41) is 14.8. The molecular formula is C16H23Cl2N3O. The molecule has 0 bridgehead atoms. The zero-order valence-electron chi connectivity index (χ0n) is 13.2. The summed E-state index contributed by atoms with van der Waals surface area (Å²) in [7, 11) is 2.17. The van der Waals surface area contributed by atoms with Gasteiger partial charge in [-0.05, 0) is 31.9 Å². The van der Waals surface area contributed by atoms with Crippen LogP contribution in [0.2, 0.25) is 10.0 Å². The molecule has 4 nitrogen and oxygen atoms in total. The van der Waals surface area contributed by atoms with Crippen molar-refractivity contribution in [2.45, 2.75) is 44.9 Å². The van der Waals surface area contributed by atoms with Crippen LogP contribution in [0.4, 0.5) is 5.82 Å². The van der Waals surface area contributed by atoms with Crippen LogP contribution in [0.25, 0.3) is 0 Å². The third-order valence-corrected chi connectivity index (χ3v) is 5.63. The molecular weight excluding hydrogens is 321 g/mol. The van der Waals surface area contributed by atoms with Gasteiger partial charge in [0.05, 0.1) is 22.2 Å². The monoisotopic (exact) mass is 343 g/mol. The summed E-state index contributed by atoms with van der Waals surface area (Å²) in [6.07, 6.45) is 2.98. The topological polar surface area (TPSA) is 48.4 Å². The lowest BCUT2D eigenvalue weighted by molar-refractivity contribution is -0.0825. The largest absolute Gasteiger partial charge is 0.391 e. The maximum absolute atomic E-state index is 10.5. The number of aromatic nitrogens is 1. The molecule has 1 aromatic rings. The van der Waals surface area contributed by atoms with E-state index in [1.165, 1.54) is 0 Å². The SMILES string of the molecule is CC(C)C1N(C)CC12C[C@@H](O)[C@H](Nc1ncc(Cl)cc1Cl)C2. The first-order valence-electron chi connectivity index (χ1n) is 7.78. The molecule has 1 aromatic heterocycles. The van der Waals surface area contributed by atoms with E-state index in [0.29, 0.717) is 27.8 Å². The van der Waals surface area contributed by atoms with Crippen LogP contribution in [0.15, 0.2) is 12.3 Å². The molecule has 3 rings (SSSR count). The van der Waals surface area contributed by atoms with Crippen molar-refractivity contribution in [2.24, 2.45) is 11.3 Å². The number of nitrogens with zero attached hydrogens (tertiary/aromatic N) is 2. The van der Waals surface area contributed by atoms with Crippen LogP contribution >= 0.6 is 23.2 Å². The molecule has 2 heterocycles. The van der Waals surface area contributed by atoms with Crippen molar-refractivity contribution >= 4 is 29.0 Å². The Morgan fingerprint density at radius 1 is 1.41 bits per heavy atom. The first-order chi connectivity index (χ1) is 10.3. The van der Waals surface area contributed by atoms with Crippen molar-refractivity contribution in [3.05, 3.63) is 22.3 Å². The molecule has 4 atom stereocenters. The zero-order valence-corrected chi connectivity index (χ0v) is 14.7. The van der Waals surface area contributed by atoms with E-state index >= 15 is 0 Å². The number of halogens is 2. The highest BCUT2D eigenvalue weighted by molar-refractivity contribution is 6.35. The van der Waals surface area contributed by atoms with E-state index in [9.17, 15) is 5.11 Å².